The minimum Gasteiger partial charge on any atom is -0.388 e. The van der Waals surface area contributed by atoms with Gasteiger partial charge in [0.05, 0.1) is 6.10 Å². The van der Waals surface area contributed by atoms with Crippen molar-refractivity contribution in [2.75, 3.05) is 0 Å². The lowest BCUT2D eigenvalue weighted by molar-refractivity contribution is 0.151. The molecule has 0 fully saturated rings. The smallest absolute Gasteiger partial charge is 0.0855 e. The SMILES string of the molecule is CC(c1ccncc1)C(O)c1ccccc1. The quantitative estimate of drug-likeness (QED) is 0.850. The first-order valence-electron chi connectivity index (χ1n) is 5.42. The minimum absolute atomic E-state index is 0.0744. The van der Waals surface area contributed by atoms with E-state index in [0.29, 0.717) is 0 Å². The van der Waals surface area contributed by atoms with E-state index in [9.17, 15) is 5.11 Å². The Bertz CT molecular complexity index is 384. The number of aliphatic hydroxyl groups excluding tert-OH is 1. The van der Waals surface area contributed by atoms with Crippen molar-refractivity contribution in [2.45, 2.75) is 18.9 Å². The maximum absolute atomic E-state index is 10.2. The van der Waals surface area contributed by atoms with Crippen molar-refractivity contribution >= 4 is 0 Å². The fraction of sp³-hybridized carbons (Fsp3) is 0.214. The molecule has 2 aromatic rings. The van der Waals surface area contributed by atoms with E-state index < -0.39 is 6.10 Å². The highest BCUT2D eigenvalue weighted by Crippen LogP contribution is 2.29. The molecule has 0 saturated heterocycles. The Morgan fingerprint density at radius 1 is 0.938 bits per heavy atom. The Kier molecular flexibility index (Phi) is 3.32. The van der Waals surface area contributed by atoms with Gasteiger partial charge in [-0.3, -0.25) is 4.98 Å². The predicted molar refractivity (Wildman–Crippen MR) is 64.1 cm³/mol. The Labute approximate surface area is 95.6 Å². The molecule has 2 nitrogen and oxygen atoms in total. The normalized spacial score (nSPS) is 14.4. The summed E-state index contributed by atoms with van der Waals surface area (Å²) in [6.07, 6.45) is 3.04. The van der Waals surface area contributed by atoms with Crippen LogP contribution in [0.1, 0.15) is 30.1 Å². The zero-order chi connectivity index (χ0) is 11.4. The van der Waals surface area contributed by atoms with Crippen LogP contribution in [0.5, 0.6) is 0 Å². The summed E-state index contributed by atoms with van der Waals surface area (Å²) < 4.78 is 0. The van der Waals surface area contributed by atoms with E-state index in [0.717, 1.165) is 11.1 Å². The standard InChI is InChI=1S/C14H15NO/c1-11(12-7-9-15-10-8-12)14(16)13-5-3-2-4-6-13/h2-11,14,16H,1H3. The van der Waals surface area contributed by atoms with Crippen LogP contribution in [0.3, 0.4) is 0 Å². The van der Waals surface area contributed by atoms with Crippen LogP contribution < -0.4 is 0 Å². The van der Waals surface area contributed by atoms with Gasteiger partial charge in [0.1, 0.15) is 0 Å². The first-order valence-corrected chi connectivity index (χ1v) is 5.42. The molecule has 2 unspecified atom stereocenters. The summed E-state index contributed by atoms with van der Waals surface area (Å²) in [5.41, 5.74) is 2.05. The Balaban J connectivity index is 2.20. The highest BCUT2D eigenvalue weighted by molar-refractivity contribution is 5.24. The summed E-state index contributed by atoms with van der Waals surface area (Å²) in [4.78, 5) is 3.98. The lowest BCUT2D eigenvalue weighted by Crippen LogP contribution is -2.07. The molecule has 1 aromatic heterocycles. The topological polar surface area (TPSA) is 33.1 Å². The molecule has 2 heteroatoms. The molecule has 0 amide bonds. The van der Waals surface area contributed by atoms with Gasteiger partial charge in [-0.2, -0.15) is 0 Å². The second kappa shape index (κ2) is 4.90. The summed E-state index contributed by atoms with van der Waals surface area (Å²) in [6, 6.07) is 13.6. The van der Waals surface area contributed by atoms with Crippen molar-refractivity contribution < 1.29 is 5.11 Å². The van der Waals surface area contributed by atoms with Crippen molar-refractivity contribution in [1.82, 2.24) is 4.98 Å². The first kappa shape index (κ1) is 10.8. The third-order valence-corrected chi connectivity index (χ3v) is 2.85. The van der Waals surface area contributed by atoms with Gasteiger partial charge in [-0.05, 0) is 23.3 Å². The van der Waals surface area contributed by atoms with Crippen LogP contribution in [0.4, 0.5) is 0 Å². The van der Waals surface area contributed by atoms with Gasteiger partial charge in [-0.25, -0.2) is 0 Å². The van der Waals surface area contributed by atoms with E-state index >= 15 is 0 Å². The van der Waals surface area contributed by atoms with E-state index in [-0.39, 0.29) is 5.92 Å². The molecule has 0 bridgehead atoms. The van der Waals surface area contributed by atoms with Gasteiger partial charge in [0.15, 0.2) is 0 Å². The number of pyridine rings is 1. The van der Waals surface area contributed by atoms with Crippen molar-refractivity contribution in [2.24, 2.45) is 0 Å². The second-order valence-corrected chi connectivity index (χ2v) is 3.92. The Morgan fingerprint density at radius 3 is 2.19 bits per heavy atom. The molecule has 1 heterocycles. The van der Waals surface area contributed by atoms with Gasteiger partial charge >= 0.3 is 0 Å². The third kappa shape index (κ3) is 2.28. The van der Waals surface area contributed by atoms with Gasteiger partial charge in [0.25, 0.3) is 0 Å². The summed E-state index contributed by atoms with van der Waals surface area (Å²) in [5.74, 6) is 0.0744. The minimum atomic E-state index is -0.469. The summed E-state index contributed by atoms with van der Waals surface area (Å²) in [5, 5.41) is 10.2. The number of aromatic nitrogens is 1. The van der Waals surface area contributed by atoms with Crippen molar-refractivity contribution in [1.29, 1.82) is 0 Å². The zero-order valence-electron chi connectivity index (χ0n) is 9.25. The average molecular weight is 213 g/mol. The molecule has 0 spiro atoms. The van der Waals surface area contributed by atoms with E-state index in [1.165, 1.54) is 0 Å². The first-order chi connectivity index (χ1) is 7.79. The molecule has 1 aromatic carbocycles. The fourth-order valence-electron chi connectivity index (χ4n) is 1.79. The van der Waals surface area contributed by atoms with Gasteiger partial charge in [-0.15, -0.1) is 0 Å². The van der Waals surface area contributed by atoms with Gasteiger partial charge in [0.2, 0.25) is 0 Å². The van der Waals surface area contributed by atoms with Crippen LogP contribution in [-0.4, -0.2) is 10.1 Å². The Morgan fingerprint density at radius 2 is 1.56 bits per heavy atom. The van der Waals surface area contributed by atoms with Gasteiger partial charge < -0.3 is 5.11 Å². The van der Waals surface area contributed by atoms with Crippen molar-refractivity contribution in [3.05, 3.63) is 66.0 Å². The Hall–Kier alpha value is -1.67. The van der Waals surface area contributed by atoms with E-state index in [1.807, 2.05) is 49.4 Å². The largest absolute Gasteiger partial charge is 0.388 e. The molecular weight excluding hydrogens is 198 g/mol. The van der Waals surface area contributed by atoms with E-state index in [1.54, 1.807) is 12.4 Å². The maximum Gasteiger partial charge on any atom is 0.0855 e. The maximum atomic E-state index is 10.2. The number of hydrogen-bond donors (Lipinski definition) is 1. The van der Waals surface area contributed by atoms with Crippen LogP contribution in [-0.2, 0) is 0 Å². The van der Waals surface area contributed by atoms with Crippen molar-refractivity contribution in [3.8, 4) is 0 Å². The number of rotatable bonds is 3. The van der Waals surface area contributed by atoms with Gasteiger partial charge in [-0.1, -0.05) is 37.3 Å². The molecule has 0 aliphatic rings. The monoisotopic (exact) mass is 213 g/mol. The molecule has 0 saturated carbocycles. The molecule has 2 rings (SSSR count). The van der Waals surface area contributed by atoms with Crippen LogP contribution in [0.25, 0.3) is 0 Å². The predicted octanol–water partition coefficient (Wildman–Crippen LogP) is 2.92. The molecule has 0 radical (unpaired) electrons. The lowest BCUT2D eigenvalue weighted by Gasteiger charge is -2.19. The number of hydrogen-bond acceptors (Lipinski definition) is 2. The van der Waals surface area contributed by atoms with E-state index in [4.69, 9.17) is 0 Å². The fourth-order valence-corrected chi connectivity index (χ4v) is 1.79. The molecule has 82 valence electrons. The highest BCUT2D eigenvalue weighted by Gasteiger charge is 2.17. The number of aliphatic hydroxyl groups is 1. The molecule has 0 aliphatic carbocycles. The number of nitrogens with zero attached hydrogens (tertiary/aromatic N) is 1. The molecular formula is C14H15NO. The molecule has 2 atom stereocenters. The summed E-state index contributed by atoms with van der Waals surface area (Å²) in [6.45, 7) is 2.02. The lowest BCUT2D eigenvalue weighted by atomic mass is 9.91. The summed E-state index contributed by atoms with van der Waals surface area (Å²) >= 11 is 0. The van der Waals surface area contributed by atoms with Crippen LogP contribution >= 0.6 is 0 Å². The molecule has 0 aliphatic heterocycles. The van der Waals surface area contributed by atoms with Crippen LogP contribution in [0.2, 0.25) is 0 Å². The number of benzene rings is 1. The molecule has 1 N–H and O–H groups in total. The second-order valence-electron chi connectivity index (χ2n) is 3.92. The highest BCUT2D eigenvalue weighted by atomic mass is 16.3. The van der Waals surface area contributed by atoms with E-state index in [2.05, 4.69) is 4.98 Å². The molecule has 16 heavy (non-hydrogen) atoms. The van der Waals surface area contributed by atoms with Crippen molar-refractivity contribution in [3.63, 3.8) is 0 Å². The summed E-state index contributed by atoms with van der Waals surface area (Å²) in [7, 11) is 0. The van der Waals surface area contributed by atoms with Crippen LogP contribution in [0, 0.1) is 0 Å². The van der Waals surface area contributed by atoms with Crippen LogP contribution in [0.15, 0.2) is 54.9 Å². The third-order valence-electron chi connectivity index (χ3n) is 2.85. The average Bonchev–Trinajstić information content (AvgIpc) is 2.39. The zero-order valence-corrected chi connectivity index (χ0v) is 9.25. The van der Waals surface area contributed by atoms with Gasteiger partial charge in [0, 0.05) is 18.3 Å².